The van der Waals surface area contributed by atoms with Gasteiger partial charge >= 0.3 is 5.69 Å². The molecule has 0 amide bonds. The largest absolute Gasteiger partial charge is 0.368 e. The van der Waals surface area contributed by atoms with E-state index in [1.165, 1.54) is 0 Å². The molecule has 1 fully saturated rings. The summed E-state index contributed by atoms with van der Waals surface area (Å²) < 4.78 is 0.202. The Balaban J connectivity index is 2.13. The monoisotopic (exact) mass is 255 g/mol. The second-order valence-corrected chi connectivity index (χ2v) is 5.23. The maximum absolute atomic E-state index is 10.8. The van der Waals surface area contributed by atoms with Gasteiger partial charge in [0.15, 0.2) is 0 Å². The number of nitrogens with one attached hydrogen (secondary N) is 1. The third kappa shape index (κ3) is 2.57. The highest BCUT2D eigenvalue weighted by Crippen LogP contribution is 2.47. The van der Waals surface area contributed by atoms with Crippen molar-refractivity contribution in [3.8, 4) is 0 Å². The van der Waals surface area contributed by atoms with E-state index in [0.29, 0.717) is 6.54 Å². The summed E-state index contributed by atoms with van der Waals surface area (Å²) in [6.07, 6.45) is 5.41. The Morgan fingerprint density at radius 2 is 2.41 bits per heavy atom. The molecule has 1 saturated carbocycles. The lowest BCUT2D eigenvalue weighted by Crippen LogP contribution is -2.19. The van der Waals surface area contributed by atoms with Gasteiger partial charge in [0.05, 0.1) is 4.92 Å². The second-order valence-electron chi connectivity index (χ2n) is 3.96. The lowest BCUT2D eigenvalue weighted by atomic mass is 10.4. The summed E-state index contributed by atoms with van der Waals surface area (Å²) in [4.78, 5) is 17.8. The summed E-state index contributed by atoms with van der Waals surface area (Å²) in [6.45, 7) is 0.658. The van der Waals surface area contributed by atoms with Gasteiger partial charge in [-0.05, 0) is 19.1 Å². The maximum Gasteiger partial charge on any atom is 0.329 e. The molecular weight excluding hydrogens is 242 g/mol. The van der Waals surface area contributed by atoms with E-state index in [2.05, 4.69) is 15.3 Å². The third-order valence-electron chi connectivity index (χ3n) is 2.80. The van der Waals surface area contributed by atoms with Crippen LogP contribution in [0.1, 0.15) is 12.8 Å². The highest BCUT2D eigenvalue weighted by atomic mass is 32.2. The molecule has 1 heterocycles. The highest BCUT2D eigenvalue weighted by molar-refractivity contribution is 8.00. The molecule has 1 aliphatic rings. The van der Waals surface area contributed by atoms with E-state index in [9.17, 15) is 10.1 Å². The molecule has 0 spiro atoms. The summed E-state index contributed by atoms with van der Waals surface area (Å²) in [7, 11) is 0. The van der Waals surface area contributed by atoms with Crippen molar-refractivity contribution in [2.24, 2.45) is 0 Å². The van der Waals surface area contributed by atoms with E-state index in [1.807, 2.05) is 6.26 Å². The van der Waals surface area contributed by atoms with Gasteiger partial charge in [-0.15, -0.1) is 0 Å². The third-order valence-corrected chi connectivity index (χ3v) is 4.22. The first-order valence-electron chi connectivity index (χ1n) is 5.12. The van der Waals surface area contributed by atoms with Crippen molar-refractivity contribution >= 4 is 29.2 Å². The van der Waals surface area contributed by atoms with Crippen LogP contribution in [0.2, 0.25) is 0 Å². The first-order valence-corrected chi connectivity index (χ1v) is 6.35. The predicted octanol–water partition coefficient (Wildman–Crippen LogP) is 1.27. The molecule has 1 aromatic heterocycles. The number of nitrogen functional groups attached to an aromatic ring is 1. The number of nitrogens with zero attached hydrogens (tertiary/aromatic N) is 3. The Hall–Kier alpha value is -1.57. The minimum absolute atomic E-state index is 0.0344. The van der Waals surface area contributed by atoms with E-state index in [1.54, 1.807) is 11.8 Å². The van der Waals surface area contributed by atoms with Gasteiger partial charge in [0, 0.05) is 11.3 Å². The van der Waals surface area contributed by atoms with Gasteiger partial charge in [-0.3, -0.25) is 10.1 Å². The molecule has 3 N–H and O–H groups in total. The number of rotatable bonds is 5. The normalized spacial score (nSPS) is 16.5. The number of nitro groups is 1. The van der Waals surface area contributed by atoms with Crippen molar-refractivity contribution in [2.45, 2.75) is 17.6 Å². The Morgan fingerprint density at radius 1 is 1.71 bits per heavy atom. The molecule has 92 valence electrons. The zero-order valence-corrected chi connectivity index (χ0v) is 10.2. The smallest absolute Gasteiger partial charge is 0.329 e. The fourth-order valence-corrected chi connectivity index (χ4v) is 2.22. The van der Waals surface area contributed by atoms with Gasteiger partial charge in [-0.2, -0.15) is 16.7 Å². The lowest BCUT2D eigenvalue weighted by Gasteiger charge is -2.13. The molecule has 0 aromatic carbocycles. The van der Waals surface area contributed by atoms with E-state index in [0.717, 1.165) is 19.0 Å². The van der Waals surface area contributed by atoms with Gasteiger partial charge in [0.25, 0.3) is 0 Å². The number of nitrogens with two attached hydrogens (primary N) is 1. The van der Waals surface area contributed by atoms with E-state index in [-0.39, 0.29) is 22.2 Å². The van der Waals surface area contributed by atoms with Crippen LogP contribution in [0.3, 0.4) is 0 Å². The van der Waals surface area contributed by atoms with Gasteiger partial charge in [0.1, 0.15) is 6.20 Å². The van der Waals surface area contributed by atoms with Crippen LogP contribution in [0.5, 0.6) is 0 Å². The van der Waals surface area contributed by atoms with Crippen LogP contribution < -0.4 is 11.1 Å². The quantitative estimate of drug-likeness (QED) is 0.602. The minimum atomic E-state index is -0.513. The summed E-state index contributed by atoms with van der Waals surface area (Å²) in [5.74, 6) is 0.231. The molecule has 0 unspecified atom stereocenters. The average Bonchev–Trinajstić information content (AvgIpc) is 3.07. The van der Waals surface area contributed by atoms with Crippen LogP contribution in [0.25, 0.3) is 0 Å². The lowest BCUT2D eigenvalue weighted by molar-refractivity contribution is -0.384. The SMILES string of the molecule is CSC1(CNc2nc(N)ncc2[N+](=O)[O-])CC1. The van der Waals surface area contributed by atoms with Crippen molar-refractivity contribution in [2.75, 3.05) is 23.9 Å². The molecule has 17 heavy (non-hydrogen) atoms. The van der Waals surface area contributed by atoms with Crippen LogP contribution in [0.15, 0.2) is 6.20 Å². The molecule has 0 bridgehead atoms. The Kier molecular flexibility index (Phi) is 3.05. The van der Waals surface area contributed by atoms with Gasteiger partial charge < -0.3 is 11.1 Å². The molecule has 2 rings (SSSR count). The zero-order valence-electron chi connectivity index (χ0n) is 9.34. The Morgan fingerprint density at radius 3 is 2.94 bits per heavy atom. The van der Waals surface area contributed by atoms with E-state index >= 15 is 0 Å². The summed E-state index contributed by atoms with van der Waals surface area (Å²) in [5, 5.41) is 13.8. The van der Waals surface area contributed by atoms with Crippen LogP contribution in [-0.4, -0.2) is 32.4 Å². The fraction of sp³-hybridized carbons (Fsp3) is 0.556. The Labute approximate surface area is 102 Å². The summed E-state index contributed by atoms with van der Waals surface area (Å²) in [6, 6.07) is 0. The first-order chi connectivity index (χ1) is 8.06. The predicted molar refractivity (Wildman–Crippen MR) is 67.1 cm³/mol. The number of thioether (sulfide) groups is 1. The number of anilines is 2. The summed E-state index contributed by atoms with van der Waals surface area (Å²) >= 11 is 1.77. The molecule has 1 aliphatic carbocycles. The molecule has 0 saturated heterocycles. The standard InChI is InChI=1S/C9H13N5O2S/c1-17-9(2-3-9)5-12-7-6(14(15)16)4-11-8(10)13-7/h4H,2-3,5H2,1H3,(H3,10,11,12,13). The van der Waals surface area contributed by atoms with Crippen molar-refractivity contribution in [1.29, 1.82) is 0 Å². The van der Waals surface area contributed by atoms with Crippen LogP contribution in [0.4, 0.5) is 17.5 Å². The van der Waals surface area contributed by atoms with Crippen LogP contribution in [0, 0.1) is 10.1 Å². The first kappa shape index (κ1) is 11.9. The van der Waals surface area contributed by atoms with Crippen LogP contribution >= 0.6 is 11.8 Å². The zero-order chi connectivity index (χ0) is 12.5. The average molecular weight is 255 g/mol. The number of hydrogen-bond donors (Lipinski definition) is 2. The van der Waals surface area contributed by atoms with Crippen molar-refractivity contribution in [3.63, 3.8) is 0 Å². The molecular formula is C9H13N5O2S. The number of hydrogen-bond acceptors (Lipinski definition) is 7. The van der Waals surface area contributed by atoms with E-state index in [4.69, 9.17) is 5.73 Å². The van der Waals surface area contributed by atoms with E-state index < -0.39 is 4.92 Å². The van der Waals surface area contributed by atoms with Gasteiger partial charge in [0.2, 0.25) is 11.8 Å². The highest BCUT2D eigenvalue weighted by Gasteiger charge is 2.42. The molecule has 7 nitrogen and oxygen atoms in total. The van der Waals surface area contributed by atoms with Gasteiger partial charge in [-0.1, -0.05) is 0 Å². The molecule has 8 heteroatoms. The second kappa shape index (κ2) is 4.36. The van der Waals surface area contributed by atoms with Gasteiger partial charge in [-0.25, -0.2) is 4.98 Å². The molecule has 0 aliphatic heterocycles. The topological polar surface area (TPSA) is 107 Å². The van der Waals surface area contributed by atoms with Crippen LogP contribution in [-0.2, 0) is 0 Å². The van der Waals surface area contributed by atoms with Crippen molar-refractivity contribution < 1.29 is 4.92 Å². The Bertz CT molecular complexity index is 449. The molecule has 1 aromatic rings. The minimum Gasteiger partial charge on any atom is -0.368 e. The number of aromatic nitrogens is 2. The fourth-order valence-electron chi connectivity index (χ4n) is 1.49. The maximum atomic E-state index is 10.8. The van der Waals surface area contributed by atoms with Crippen molar-refractivity contribution in [1.82, 2.24) is 9.97 Å². The molecule has 0 atom stereocenters. The van der Waals surface area contributed by atoms with Crippen molar-refractivity contribution in [3.05, 3.63) is 16.3 Å². The molecule has 0 radical (unpaired) electrons. The summed E-state index contributed by atoms with van der Waals surface area (Å²) in [5.41, 5.74) is 5.28.